The molecule has 0 unspecified atom stereocenters. The van der Waals surface area contributed by atoms with Crippen LogP contribution in [0.15, 0.2) is 35.3 Å². The molecule has 8 heteroatoms. The Morgan fingerprint density at radius 2 is 2.04 bits per heavy atom. The molecule has 6 nitrogen and oxygen atoms in total. The topological polar surface area (TPSA) is 80.6 Å². The van der Waals surface area contributed by atoms with Crippen molar-refractivity contribution in [1.82, 2.24) is 4.57 Å². The highest BCUT2D eigenvalue weighted by atomic mass is 35.5. The summed E-state index contributed by atoms with van der Waals surface area (Å²) in [6.07, 6.45) is 1.57. The fourth-order valence-electron chi connectivity index (χ4n) is 2.09. The first-order chi connectivity index (χ1) is 11.4. The summed E-state index contributed by atoms with van der Waals surface area (Å²) in [5.74, 6) is -0.361. The molecular weight excluding hydrogens is 355 g/mol. The summed E-state index contributed by atoms with van der Waals surface area (Å²) >= 11 is 11.7. The summed E-state index contributed by atoms with van der Waals surface area (Å²) in [6, 6.07) is 6.02. The van der Waals surface area contributed by atoms with Crippen molar-refractivity contribution in [1.29, 1.82) is 0 Å². The van der Waals surface area contributed by atoms with Crippen LogP contribution >= 0.6 is 23.2 Å². The number of rotatable bonds is 6. The number of nitrogens with zero attached hydrogens (tertiary/aromatic N) is 1. The van der Waals surface area contributed by atoms with Gasteiger partial charge < -0.3 is 19.7 Å². The molecule has 0 aliphatic heterocycles. The van der Waals surface area contributed by atoms with Crippen molar-refractivity contribution in [2.24, 2.45) is 0 Å². The second-order valence-corrected chi connectivity index (χ2v) is 5.79. The third-order valence-electron chi connectivity index (χ3n) is 3.28. The molecule has 0 aliphatic rings. The van der Waals surface area contributed by atoms with E-state index in [0.717, 1.165) is 0 Å². The second-order valence-electron chi connectivity index (χ2n) is 4.98. The number of aliphatic hydroxyl groups is 1. The van der Waals surface area contributed by atoms with Gasteiger partial charge in [0.25, 0.3) is 5.91 Å². The van der Waals surface area contributed by atoms with E-state index in [2.05, 4.69) is 5.32 Å². The van der Waals surface area contributed by atoms with Crippen LogP contribution in [0.2, 0.25) is 10.0 Å². The zero-order valence-electron chi connectivity index (χ0n) is 12.9. The monoisotopic (exact) mass is 370 g/mol. The highest BCUT2D eigenvalue weighted by molar-refractivity contribution is 6.42. The van der Waals surface area contributed by atoms with Crippen molar-refractivity contribution >= 4 is 34.8 Å². The predicted molar refractivity (Wildman–Crippen MR) is 93.1 cm³/mol. The standard InChI is InChI=1S/C16H16Cl2N2O4/c1-10-16(14(22)4-5-20(10)6-7-21)24-9-15(23)19-11-2-3-12(17)13(18)8-11/h2-5,8,21H,6-7,9H2,1H3,(H,19,23). The zero-order chi connectivity index (χ0) is 17.7. The summed E-state index contributed by atoms with van der Waals surface area (Å²) in [5.41, 5.74) is 0.684. The van der Waals surface area contributed by atoms with Crippen molar-refractivity contribution in [3.8, 4) is 5.75 Å². The van der Waals surface area contributed by atoms with Crippen molar-refractivity contribution in [3.05, 3.63) is 56.4 Å². The van der Waals surface area contributed by atoms with Gasteiger partial charge in [-0.2, -0.15) is 0 Å². The van der Waals surface area contributed by atoms with Gasteiger partial charge in [-0.3, -0.25) is 9.59 Å². The highest BCUT2D eigenvalue weighted by Crippen LogP contribution is 2.24. The van der Waals surface area contributed by atoms with Crippen LogP contribution in [0.3, 0.4) is 0 Å². The number of hydrogen-bond donors (Lipinski definition) is 2. The Morgan fingerprint density at radius 3 is 2.71 bits per heavy atom. The molecule has 0 saturated heterocycles. The minimum Gasteiger partial charge on any atom is -0.478 e. The second kappa shape index (κ2) is 8.19. The van der Waals surface area contributed by atoms with E-state index in [4.69, 9.17) is 33.0 Å². The minimum atomic E-state index is -0.440. The number of pyridine rings is 1. The summed E-state index contributed by atoms with van der Waals surface area (Å²) < 4.78 is 7.03. The number of anilines is 1. The van der Waals surface area contributed by atoms with Crippen LogP contribution < -0.4 is 15.5 Å². The molecule has 1 aromatic carbocycles. The summed E-state index contributed by atoms with van der Waals surface area (Å²) in [6.45, 7) is 1.61. The van der Waals surface area contributed by atoms with E-state index in [1.54, 1.807) is 29.8 Å². The Kier molecular flexibility index (Phi) is 6.25. The lowest BCUT2D eigenvalue weighted by atomic mass is 10.3. The summed E-state index contributed by atoms with van der Waals surface area (Å²) in [5, 5.41) is 12.3. The van der Waals surface area contributed by atoms with Gasteiger partial charge in [0.1, 0.15) is 0 Å². The van der Waals surface area contributed by atoms with E-state index < -0.39 is 5.91 Å². The van der Waals surface area contributed by atoms with E-state index in [1.165, 1.54) is 12.1 Å². The molecule has 0 aliphatic carbocycles. The maximum Gasteiger partial charge on any atom is 0.262 e. The number of aromatic nitrogens is 1. The number of aliphatic hydroxyl groups excluding tert-OH is 1. The third-order valence-corrected chi connectivity index (χ3v) is 4.02. The van der Waals surface area contributed by atoms with Gasteiger partial charge in [-0.15, -0.1) is 0 Å². The molecule has 0 bridgehead atoms. The quantitative estimate of drug-likeness (QED) is 0.818. The number of carbonyl (C=O) groups is 1. The molecule has 128 valence electrons. The lowest BCUT2D eigenvalue weighted by Gasteiger charge is -2.14. The predicted octanol–water partition coefficient (Wildman–Crippen LogP) is 2.47. The normalized spacial score (nSPS) is 10.5. The molecule has 1 amide bonds. The Morgan fingerprint density at radius 1 is 1.29 bits per heavy atom. The summed E-state index contributed by atoms with van der Waals surface area (Å²) in [4.78, 5) is 23.8. The van der Waals surface area contributed by atoms with Gasteiger partial charge in [0.05, 0.1) is 22.3 Å². The SMILES string of the molecule is Cc1c(OCC(=O)Nc2ccc(Cl)c(Cl)c2)c(=O)ccn1CCO. The number of ether oxygens (including phenoxy) is 1. The number of benzene rings is 1. The Balaban J connectivity index is 2.05. The molecule has 0 saturated carbocycles. The fraction of sp³-hybridized carbons (Fsp3) is 0.250. The molecule has 2 N–H and O–H groups in total. The Labute approximate surface area is 148 Å². The maximum atomic E-state index is 12.0. The number of nitrogens with one attached hydrogen (secondary N) is 1. The minimum absolute atomic E-state index is 0.0685. The average molecular weight is 371 g/mol. The molecule has 2 aromatic rings. The van der Waals surface area contributed by atoms with Crippen molar-refractivity contribution < 1.29 is 14.6 Å². The van der Waals surface area contributed by atoms with Crippen LogP contribution in [0, 0.1) is 6.92 Å². The zero-order valence-corrected chi connectivity index (χ0v) is 14.4. The Hall–Kier alpha value is -2.02. The van der Waals surface area contributed by atoms with E-state index in [1.807, 2.05) is 0 Å². The van der Waals surface area contributed by atoms with Crippen LogP contribution in [0.25, 0.3) is 0 Å². The first-order valence-corrected chi connectivity index (χ1v) is 7.86. The molecular formula is C16H16Cl2N2O4. The van der Waals surface area contributed by atoms with Gasteiger partial charge in [0.2, 0.25) is 5.43 Å². The number of amides is 1. The van der Waals surface area contributed by atoms with Gasteiger partial charge in [0, 0.05) is 24.5 Å². The van der Waals surface area contributed by atoms with Crippen molar-refractivity contribution in [2.45, 2.75) is 13.5 Å². The highest BCUT2D eigenvalue weighted by Gasteiger charge is 2.11. The molecule has 24 heavy (non-hydrogen) atoms. The van der Waals surface area contributed by atoms with Crippen LogP contribution in [-0.4, -0.2) is 28.8 Å². The number of halogens is 2. The van der Waals surface area contributed by atoms with Gasteiger partial charge >= 0.3 is 0 Å². The number of carbonyl (C=O) groups excluding carboxylic acids is 1. The Bertz CT molecular complexity index is 805. The lowest BCUT2D eigenvalue weighted by molar-refractivity contribution is -0.118. The van der Waals surface area contributed by atoms with E-state index in [0.29, 0.717) is 28.0 Å². The molecule has 0 atom stereocenters. The van der Waals surface area contributed by atoms with E-state index in [9.17, 15) is 9.59 Å². The van der Waals surface area contributed by atoms with E-state index >= 15 is 0 Å². The average Bonchev–Trinajstić information content (AvgIpc) is 2.54. The largest absolute Gasteiger partial charge is 0.478 e. The fourth-order valence-corrected chi connectivity index (χ4v) is 2.39. The van der Waals surface area contributed by atoms with Gasteiger partial charge in [-0.05, 0) is 25.1 Å². The van der Waals surface area contributed by atoms with E-state index in [-0.39, 0.29) is 24.4 Å². The maximum absolute atomic E-state index is 12.0. The molecule has 1 heterocycles. The van der Waals surface area contributed by atoms with Crippen LogP contribution in [0.1, 0.15) is 5.69 Å². The van der Waals surface area contributed by atoms with Crippen molar-refractivity contribution in [3.63, 3.8) is 0 Å². The van der Waals surface area contributed by atoms with Gasteiger partial charge in [-0.25, -0.2) is 0 Å². The number of hydrogen-bond acceptors (Lipinski definition) is 4. The smallest absolute Gasteiger partial charge is 0.262 e. The van der Waals surface area contributed by atoms with Gasteiger partial charge in [-0.1, -0.05) is 23.2 Å². The lowest BCUT2D eigenvalue weighted by Crippen LogP contribution is -2.24. The summed E-state index contributed by atoms with van der Waals surface area (Å²) in [7, 11) is 0. The van der Waals surface area contributed by atoms with Crippen LogP contribution in [0.4, 0.5) is 5.69 Å². The first-order valence-electron chi connectivity index (χ1n) is 7.11. The third kappa shape index (κ3) is 4.50. The van der Waals surface area contributed by atoms with Crippen LogP contribution in [0.5, 0.6) is 5.75 Å². The van der Waals surface area contributed by atoms with Gasteiger partial charge in [0.15, 0.2) is 12.4 Å². The molecule has 0 radical (unpaired) electrons. The molecule has 1 aromatic heterocycles. The molecule has 0 fully saturated rings. The van der Waals surface area contributed by atoms with Crippen LogP contribution in [-0.2, 0) is 11.3 Å². The first kappa shape index (κ1) is 18.3. The van der Waals surface area contributed by atoms with Crippen molar-refractivity contribution in [2.75, 3.05) is 18.5 Å². The molecule has 2 rings (SSSR count). The molecule has 0 spiro atoms.